The Hall–Kier alpha value is -0.840. The standard InChI is InChI=1S/C14H22N2O2/c1-16(10-13-3-2-8-17-13)12-9-14(18-11-12)4-6-15-7-5-14/h2-3,8,12,15H,4-7,9-11H2,1H3/t12-/m1/s1. The van der Waals surface area contributed by atoms with Gasteiger partial charge in [-0.1, -0.05) is 0 Å². The molecule has 3 rings (SSSR count). The van der Waals surface area contributed by atoms with Crippen LogP contribution in [0.1, 0.15) is 25.0 Å². The van der Waals surface area contributed by atoms with Crippen molar-refractivity contribution in [3.8, 4) is 0 Å². The molecular formula is C14H22N2O2. The minimum atomic E-state index is 0.146. The van der Waals surface area contributed by atoms with E-state index in [1.807, 2.05) is 12.1 Å². The zero-order valence-corrected chi connectivity index (χ0v) is 11.0. The van der Waals surface area contributed by atoms with Crippen LogP contribution in [0.15, 0.2) is 22.8 Å². The first-order valence-electron chi connectivity index (χ1n) is 6.85. The van der Waals surface area contributed by atoms with E-state index in [1.165, 1.54) is 0 Å². The maximum absolute atomic E-state index is 6.12. The van der Waals surface area contributed by atoms with Crippen LogP contribution in [0.2, 0.25) is 0 Å². The molecule has 1 atom stereocenters. The van der Waals surface area contributed by atoms with Crippen molar-refractivity contribution in [3.05, 3.63) is 24.2 Å². The normalized spacial score (nSPS) is 27.1. The zero-order valence-electron chi connectivity index (χ0n) is 11.0. The number of nitrogens with zero attached hydrogens (tertiary/aromatic N) is 1. The molecule has 0 aromatic carbocycles. The van der Waals surface area contributed by atoms with Crippen LogP contribution in [-0.2, 0) is 11.3 Å². The van der Waals surface area contributed by atoms with Gasteiger partial charge in [0.05, 0.1) is 25.0 Å². The van der Waals surface area contributed by atoms with Gasteiger partial charge in [-0.2, -0.15) is 0 Å². The van der Waals surface area contributed by atoms with Crippen molar-refractivity contribution in [3.63, 3.8) is 0 Å². The third-order valence-electron chi connectivity index (χ3n) is 4.31. The summed E-state index contributed by atoms with van der Waals surface area (Å²) in [6.45, 7) is 3.91. The van der Waals surface area contributed by atoms with Crippen molar-refractivity contribution < 1.29 is 9.15 Å². The minimum Gasteiger partial charge on any atom is -0.468 e. The summed E-state index contributed by atoms with van der Waals surface area (Å²) < 4.78 is 11.5. The molecule has 2 aliphatic rings. The number of ether oxygens (including phenoxy) is 1. The van der Waals surface area contributed by atoms with Gasteiger partial charge in [0.15, 0.2) is 0 Å². The Morgan fingerprint density at radius 3 is 3.00 bits per heavy atom. The maximum Gasteiger partial charge on any atom is 0.117 e. The molecule has 2 fully saturated rings. The number of piperidine rings is 1. The van der Waals surface area contributed by atoms with E-state index in [2.05, 4.69) is 17.3 Å². The summed E-state index contributed by atoms with van der Waals surface area (Å²) in [7, 11) is 2.16. The van der Waals surface area contributed by atoms with Gasteiger partial charge in [-0.25, -0.2) is 0 Å². The highest BCUT2D eigenvalue weighted by atomic mass is 16.5. The van der Waals surface area contributed by atoms with E-state index < -0.39 is 0 Å². The fourth-order valence-electron chi connectivity index (χ4n) is 3.11. The molecule has 18 heavy (non-hydrogen) atoms. The summed E-state index contributed by atoms with van der Waals surface area (Å²) in [6, 6.07) is 4.50. The van der Waals surface area contributed by atoms with Crippen molar-refractivity contribution in [1.29, 1.82) is 0 Å². The Morgan fingerprint density at radius 1 is 1.44 bits per heavy atom. The Labute approximate surface area is 108 Å². The van der Waals surface area contributed by atoms with E-state index >= 15 is 0 Å². The summed E-state index contributed by atoms with van der Waals surface area (Å²) in [5, 5.41) is 3.41. The molecule has 4 nitrogen and oxygen atoms in total. The van der Waals surface area contributed by atoms with E-state index in [4.69, 9.17) is 9.15 Å². The Kier molecular flexibility index (Phi) is 3.41. The molecule has 0 unspecified atom stereocenters. The van der Waals surface area contributed by atoms with Gasteiger partial charge in [0.25, 0.3) is 0 Å². The van der Waals surface area contributed by atoms with E-state index in [-0.39, 0.29) is 5.60 Å². The quantitative estimate of drug-likeness (QED) is 0.884. The van der Waals surface area contributed by atoms with Crippen molar-refractivity contribution in [2.24, 2.45) is 0 Å². The van der Waals surface area contributed by atoms with Gasteiger partial charge < -0.3 is 14.5 Å². The number of hydrogen-bond acceptors (Lipinski definition) is 4. The second-order valence-corrected chi connectivity index (χ2v) is 5.60. The molecule has 0 bridgehead atoms. The lowest BCUT2D eigenvalue weighted by molar-refractivity contribution is -0.0201. The Morgan fingerprint density at radius 2 is 2.28 bits per heavy atom. The fraction of sp³-hybridized carbons (Fsp3) is 0.714. The summed E-state index contributed by atoms with van der Waals surface area (Å²) >= 11 is 0. The largest absolute Gasteiger partial charge is 0.468 e. The lowest BCUT2D eigenvalue weighted by Gasteiger charge is -2.33. The smallest absolute Gasteiger partial charge is 0.117 e. The molecule has 2 aliphatic heterocycles. The van der Waals surface area contributed by atoms with Gasteiger partial charge in [0, 0.05) is 6.04 Å². The predicted molar refractivity (Wildman–Crippen MR) is 69.4 cm³/mol. The molecule has 0 aliphatic carbocycles. The first kappa shape index (κ1) is 12.2. The molecule has 3 heterocycles. The van der Waals surface area contributed by atoms with Crippen LogP contribution >= 0.6 is 0 Å². The highest BCUT2D eigenvalue weighted by Gasteiger charge is 2.42. The number of furan rings is 1. The molecule has 2 saturated heterocycles. The second kappa shape index (κ2) is 5.03. The van der Waals surface area contributed by atoms with Crippen molar-refractivity contribution in [2.45, 2.75) is 37.5 Å². The van der Waals surface area contributed by atoms with Gasteiger partial charge in [0.2, 0.25) is 0 Å². The highest BCUT2D eigenvalue weighted by molar-refractivity contribution is 5.00. The minimum absolute atomic E-state index is 0.146. The summed E-state index contributed by atoms with van der Waals surface area (Å²) in [5.41, 5.74) is 0.146. The number of likely N-dealkylation sites (N-methyl/N-ethyl adjacent to an activating group) is 1. The van der Waals surface area contributed by atoms with Crippen LogP contribution < -0.4 is 5.32 Å². The van der Waals surface area contributed by atoms with Gasteiger partial charge in [-0.05, 0) is 51.5 Å². The lowest BCUT2D eigenvalue weighted by Crippen LogP contribution is -2.42. The first-order chi connectivity index (χ1) is 8.77. The highest BCUT2D eigenvalue weighted by Crippen LogP contribution is 2.35. The van der Waals surface area contributed by atoms with Crippen LogP contribution in [0, 0.1) is 0 Å². The van der Waals surface area contributed by atoms with Crippen LogP contribution in [0.3, 0.4) is 0 Å². The molecule has 1 N–H and O–H groups in total. The Balaban J connectivity index is 1.57. The lowest BCUT2D eigenvalue weighted by atomic mass is 9.88. The molecule has 0 saturated carbocycles. The van der Waals surface area contributed by atoms with E-state index in [9.17, 15) is 0 Å². The average molecular weight is 250 g/mol. The summed E-state index contributed by atoms with van der Waals surface area (Å²) in [6.07, 6.45) is 5.20. The topological polar surface area (TPSA) is 37.6 Å². The summed E-state index contributed by atoms with van der Waals surface area (Å²) in [5.74, 6) is 1.03. The maximum atomic E-state index is 6.12. The van der Waals surface area contributed by atoms with Crippen molar-refractivity contribution in [2.75, 3.05) is 26.7 Å². The molecule has 1 aromatic rings. The molecule has 100 valence electrons. The molecule has 1 spiro atoms. The third-order valence-corrected chi connectivity index (χ3v) is 4.31. The van der Waals surface area contributed by atoms with E-state index in [0.29, 0.717) is 6.04 Å². The van der Waals surface area contributed by atoms with Crippen LogP contribution in [0.4, 0.5) is 0 Å². The average Bonchev–Trinajstić information content (AvgIpc) is 3.01. The monoisotopic (exact) mass is 250 g/mol. The predicted octanol–water partition coefficient (Wildman–Crippen LogP) is 1.62. The van der Waals surface area contributed by atoms with Crippen LogP contribution in [0.25, 0.3) is 0 Å². The third kappa shape index (κ3) is 2.46. The zero-order chi connectivity index (χ0) is 12.4. The van der Waals surface area contributed by atoms with Gasteiger partial charge in [0.1, 0.15) is 5.76 Å². The van der Waals surface area contributed by atoms with Crippen molar-refractivity contribution >= 4 is 0 Å². The number of nitrogens with one attached hydrogen (secondary N) is 1. The first-order valence-corrected chi connectivity index (χ1v) is 6.85. The van der Waals surface area contributed by atoms with Gasteiger partial charge in [-0.15, -0.1) is 0 Å². The van der Waals surface area contributed by atoms with Crippen molar-refractivity contribution in [1.82, 2.24) is 10.2 Å². The molecule has 0 radical (unpaired) electrons. The number of rotatable bonds is 3. The molecule has 4 heteroatoms. The summed E-state index contributed by atoms with van der Waals surface area (Å²) in [4.78, 5) is 2.36. The fourth-order valence-corrected chi connectivity index (χ4v) is 3.11. The second-order valence-electron chi connectivity index (χ2n) is 5.60. The Bertz CT molecular complexity index is 371. The molecule has 0 amide bonds. The van der Waals surface area contributed by atoms with E-state index in [0.717, 1.165) is 51.3 Å². The number of hydrogen-bond donors (Lipinski definition) is 1. The van der Waals surface area contributed by atoms with E-state index in [1.54, 1.807) is 6.26 Å². The molecular weight excluding hydrogens is 228 g/mol. The van der Waals surface area contributed by atoms with Crippen LogP contribution in [0.5, 0.6) is 0 Å². The van der Waals surface area contributed by atoms with Gasteiger partial charge >= 0.3 is 0 Å². The van der Waals surface area contributed by atoms with Gasteiger partial charge in [-0.3, -0.25) is 4.90 Å². The molecule has 1 aromatic heterocycles. The van der Waals surface area contributed by atoms with Crippen LogP contribution in [-0.4, -0.2) is 43.3 Å². The SMILES string of the molecule is CN(Cc1ccco1)[C@H]1COC2(CCNCC2)C1.